The number of rotatable bonds is 5. The number of benzene rings is 2. The van der Waals surface area contributed by atoms with Crippen molar-refractivity contribution >= 4 is 27.5 Å². The Morgan fingerprint density at radius 1 is 1.15 bits per heavy atom. The van der Waals surface area contributed by atoms with Crippen LogP contribution in [0.15, 0.2) is 53.0 Å². The van der Waals surface area contributed by atoms with Crippen LogP contribution < -0.4 is 5.32 Å². The van der Waals surface area contributed by atoms with Gasteiger partial charge >= 0.3 is 0 Å². The third-order valence-corrected chi connectivity index (χ3v) is 3.67. The van der Waals surface area contributed by atoms with Crippen molar-refractivity contribution < 1.29 is 4.79 Å². The lowest BCUT2D eigenvalue weighted by molar-refractivity contribution is -0.116. The first-order valence-electron chi connectivity index (χ1n) is 6.75. The van der Waals surface area contributed by atoms with Gasteiger partial charge in [0.1, 0.15) is 0 Å². The van der Waals surface area contributed by atoms with Gasteiger partial charge in [0.15, 0.2) is 0 Å². The summed E-state index contributed by atoms with van der Waals surface area (Å²) < 4.78 is 1.03. The summed E-state index contributed by atoms with van der Waals surface area (Å²) in [6, 6.07) is 16.1. The summed E-state index contributed by atoms with van der Waals surface area (Å²) in [5.41, 5.74) is 3.23. The van der Waals surface area contributed by atoms with Crippen LogP contribution in [0.1, 0.15) is 24.0 Å². The number of aryl methyl sites for hydroxylation is 2. The van der Waals surface area contributed by atoms with Crippen LogP contribution in [0.2, 0.25) is 0 Å². The zero-order valence-electron chi connectivity index (χ0n) is 11.5. The van der Waals surface area contributed by atoms with Gasteiger partial charge in [-0.1, -0.05) is 46.3 Å². The molecule has 0 saturated heterocycles. The first-order chi connectivity index (χ1) is 9.65. The molecule has 0 spiro atoms. The van der Waals surface area contributed by atoms with E-state index in [1.54, 1.807) is 0 Å². The maximum absolute atomic E-state index is 11.9. The predicted octanol–water partition coefficient (Wildman–Crippen LogP) is 4.72. The number of halogens is 1. The molecule has 0 aliphatic rings. The monoisotopic (exact) mass is 331 g/mol. The molecule has 0 heterocycles. The van der Waals surface area contributed by atoms with Gasteiger partial charge in [0.05, 0.1) is 0 Å². The third kappa shape index (κ3) is 4.49. The van der Waals surface area contributed by atoms with E-state index in [0.29, 0.717) is 6.42 Å². The molecule has 2 aromatic rings. The molecule has 2 rings (SSSR count). The highest BCUT2D eigenvalue weighted by Gasteiger charge is 2.05. The van der Waals surface area contributed by atoms with Gasteiger partial charge in [0.2, 0.25) is 5.91 Å². The van der Waals surface area contributed by atoms with E-state index in [9.17, 15) is 4.79 Å². The lowest BCUT2D eigenvalue weighted by Crippen LogP contribution is -2.12. The number of carbonyl (C=O) groups is 1. The molecular formula is C17H18BrNO. The largest absolute Gasteiger partial charge is 0.326 e. The van der Waals surface area contributed by atoms with Crippen LogP contribution in [0.3, 0.4) is 0 Å². The second-order valence-corrected chi connectivity index (χ2v) is 5.76. The van der Waals surface area contributed by atoms with Crippen LogP contribution in [0.4, 0.5) is 5.69 Å². The molecule has 0 aromatic heterocycles. The van der Waals surface area contributed by atoms with Crippen LogP contribution in [-0.2, 0) is 11.2 Å². The molecule has 3 heteroatoms. The number of amides is 1. The standard InChI is InChI=1S/C17H18BrNO/c1-13-12-15(18)10-11-16(13)19-17(20)9-5-8-14-6-3-2-4-7-14/h2-4,6-7,10-12H,5,8-9H2,1H3,(H,19,20). The van der Waals surface area contributed by atoms with E-state index in [1.807, 2.05) is 43.3 Å². The van der Waals surface area contributed by atoms with Gasteiger partial charge in [-0.05, 0) is 49.1 Å². The number of hydrogen-bond donors (Lipinski definition) is 1. The quantitative estimate of drug-likeness (QED) is 0.843. The highest BCUT2D eigenvalue weighted by molar-refractivity contribution is 9.10. The van der Waals surface area contributed by atoms with Crippen LogP contribution >= 0.6 is 15.9 Å². The first-order valence-corrected chi connectivity index (χ1v) is 7.54. The van der Waals surface area contributed by atoms with Crippen molar-refractivity contribution in [3.63, 3.8) is 0 Å². The normalized spacial score (nSPS) is 10.3. The van der Waals surface area contributed by atoms with E-state index in [-0.39, 0.29) is 5.91 Å². The van der Waals surface area contributed by atoms with E-state index in [1.165, 1.54) is 5.56 Å². The lowest BCUT2D eigenvalue weighted by atomic mass is 10.1. The molecule has 1 amide bonds. The van der Waals surface area contributed by atoms with E-state index in [4.69, 9.17) is 0 Å². The van der Waals surface area contributed by atoms with Crippen molar-refractivity contribution in [2.24, 2.45) is 0 Å². The molecule has 0 radical (unpaired) electrons. The summed E-state index contributed by atoms with van der Waals surface area (Å²) >= 11 is 3.42. The highest BCUT2D eigenvalue weighted by Crippen LogP contribution is 2.20. The molecule has 0 saturated carbocycles. The Kier molecular flexibility index (Phi) is 5.36. The highest BCUT2D eigenvalue weighted by atomic mass is 79.9. The van der Waals surface area contributed by atoms with E-state index < -0.39 is 0 Å². The molecule has 1 N–H and O–H groups in total. The Morgan fingerprint density at radius 3 is 2.60 bits per heavy atom. The molecule has 0 aliphatic heterocycles. The zero-order chi connectivity index (χ0) is 14.4. The Hall–Kier alpha value is -1.61. The van der Waals surface area contributed by atoms with E-state index in [0.717, 1.165) is 28.6 Å². The molecule has 0 atom stereocenters. The van der Waals surface area contributed by atoms with Crippen molar-refractivity contribution in [3.05, 3.63) is 64.1 Å². The summed E-state index contributed by atoms with van der Waals surface area (Å²) in [6.45, 7) is 1.99. The summed E-state index contributed by atoms with van der Waals surface area (Å²) in [7, 11) is 0. The van der Waals surface area contributed by atoms with Crippen LogP contribution in [-0.4, -0.2) is 5.91 Å². The number of nitrogens with one attached hydrogen (secondary N) is 1. The molecule has 0 aliphatic carbocycles. The van der Waals surface area contributed by atoms with Crippen molar-refractivity contribution in [1.29, 1.82) is 0 Å². The van der Waals surface area contributed by atoms with Gasteiger partial charge in [-0.25, -0.2) is 0 Å². The molecule has 0 bridgehead atoms. The van der Waals surface area contributed by atoms with Crippen molar-refractivity contribution in [2.75, 3.05) is 5.32 Å². The minimum Gasteiger partial charge on any atom is -0.326 e. The average molecular weight is 332 g/mol. The Morgan fingerprint density at radius 2 is 1.90 bits per heavy atom. The summed E-state index contributed by atoms with van der Waals surface area (Å²) in [6.07, 6.45) is 2.35. The lowest BCUT2D eigenvalue weighted by Gasteiger charge is -2.08. The Balaban J connectivity index is 1.81. The summed E-state index contributed by atoms with van der Waals surface area (Å²) in [4.78, 5) is 11.9. The van der Waals surface area contributed by atoms with Gasteiger partial charge in [-0.15, -0.1) is 0 Å². The van der Waals surface area contributed by atoms with Gasteiger partial charge in [-0.3, -0.25) is 4.79 Å². The smallest absolute Gasteiger partial charge is 0.224 e. The molecule has 2 nitrogen and oxygen atoms in total. The molecular weight excluding hydrogens is 314 g/mol. The molecule has 0 unspecified atom stereocenters. The van der Waals surface area contributed by atoms with E-state index >= 15 is 0 Å². The maximum atomic E-state index is 11.9. The van der Waals surface area contributed by atoms with Crippen molar-refractivity contribution in [1.82, 2.24) is 0 Å². The van der Waals surface area contributed by atoms with Crippen LogP contribution in [0.25, 0.3) is 0 Å². The van der Waals surface area contributed by atoms with Crippen LogP contribution in [0.5, 0.6) is 0 Å². The number of carbonyl (C=O) groups excluding carboxylic acids is 1. The third-order valence-electron chi connectivity index (χ3n) is 3.17. The van der Waals surface area contributed by atoms with Crippen LogP contribution in [0, 0.1) is 6.92 Å². The Bertz CT molecular complexity index is 581. The molecule has 2 aromatic carbocycles. The van der Waals surface area contributed by atoms with E-state index in [2.05, 4.69) is 33.4 Å². The fraction of sp³-hybridized carbons (Fsp3) is 0.235. The second kappa shape index (κ2) is 7.25. The Labute approximate surface area is 128 Å². The first kappa shape index (κ1) is 14.8. The maximum Gasteiger partial charge on any atom is 0.224 e. The summed E-state index contributed by atoms with van der Waals surface area (Å²) in [5, 5.41) is 2.96. The van der Waals surface area contributed by atoms with Gasteiger partial charge in [0.25, 0.3) is 0 Å². The summed E-state index contributed by atoms with van der Waals surface area (Å²) in [5.74, 6) is 0.0753. The van der Waals surface area contributed by atoms with Gasteiger partial charge < -0.3 is 5.32 Å². The van der Waals surface area contributed by atoms with Crippen molar-refractivity contribution in [2.45, 2.75) is 26.2 Å². The molecule has 20 heavy (non-hydrogen) atoms. The topological polar surface area (TPSA) is 29.1 Å². The fourth-order valence-electron chi connectivity index (χ4n) is 2.08. The minimum atomic E-state index is 0.0753. The number of hydrogen-bond acceptors (Lipinski definition) is 1. The van der Waals surface area contributed by atoms with Gasteiger partial charge in [-0.2, -0.15) is 0 Å². The second-order valence-electron chi connectivity index (χ2n) is 4.85. The zero-order valence-corrected chi connectivity index (χ0v) is 13.1. The molecule has 104 valence electrons. The average Bonchev–Trinajstić information content (AvgIpc) is 2.43. The minimum absolute atomic E-state index is 0.0753. The molecule has 0 fully saturated rings. The van der Waals surface area contributed by atoms with Gasteiger partial charge in [0, 0.05) is 16.6 Å². The number of anilines is 1. The SMILES string of the molecule is Cc1cc(Br)ccc1NC(=O)CCCc1ccccc1. The fourth-order valence-corrected chi connectivity index (χ4v) is 2.55. The van der Waals surface area contributed by atoms with Crippen molar-refractivity contribution in [3.8, 4) is 0 Å². The predicted molar refractivity (Wildman–Crippen MR) is 86.9 cm³/mol.